The molecule has 1 rings (SSSR count). The van der Waals surface area contributed by atoms with Crippen LogP contribution in [-0.2, 0) is 0 Å². The fraction of sp³-hybridized carbons (Fsp3) is 0.931. The fourth-order valence-corrected chi connectivity index (χ4v) is 4.88. The quantitative estimate of drug-likeness (QED) is 0.241. The van der Waals surface area contributed by atoms with Crippen LogP contribution in [0.4, 0.5) is 0 Å². The summed E-state index contributed by atoms with van der Waals surface area (Å²) in [5.41, 5.74) is 1.58. The predicted molar refractivity (Wildman–Crippen MR) is 142 cm³/mol. The molecule has 1 N–H and O–H groups in total. The summed E-state index contributed by atoms with van der Waals surface area (Å²) in [6, 6.07) is 0. The molecule has 0 unspecified atom stereocenters. The lowest BCUT2D eigenvalue weighted by atomic mass is 9.91. The minimum atomic E-state index is 0.0154. The van der Waals surface area contributed by atoms with Crippen molar-refractivity contribution in [3.05, 3.63) is 11.6 Å². The number of hydrogen-bond acceptors (Lipinski definition) is 3. The molecule has 1 saturated heterocycles. The Labute approximate surface area is 202 Å². The molecule has 3 heteroatoms. The molecule has 1 aliphatic rings. The van der Waals surface area contributed by atoms with Crippen molar-refractivity contribution in [2.24, 2.45) is 23.2 Å². The van der Waals surface area contributed by atoms with Crippen molar-refractivity contribution >= 4 is 0 Å². The van der Waals surface area contributed by atoms with Gasteiger partial charge in [0.1, 0.15) is 0 Å². The van der Waals surface area contributed by atoms with Gasteiger partial charge >= 0.3 is 0 Å². The largest absolute Gasteiger partial charge is 0.396 e. The lowest BCUT2D eigenvalue weighted by Gasteiger charge is -2.38. The van der Waals surface area contributed by atoms with Crippen LogP contribution in [0, 0.1) is 23.2 Å². The summed E-state index contributed by atoms with van der Waals surface area (Å²) in [4.78, 5) is 5.09. The predicted octanol–water partition coefficient (Wildman–Crippen LogP) is 7.01. The zero-order chi connectivity index (χ0) is 24.0. The van der Waals surface area contributed by atoms with Crippen molar-refractivity contribution < 1.29 is 5.11 Å². The molecule has 190 valence electrons. The molecule has 0 aromatic rings. The van der Waals surface area contributed by atoms with Crippen molar-refractivity contribution in [2.75, 3.05) is 45.9 Å². The molecule has 0 aromatic heterocycles. The van der Waals surface area contributed by atoms with Crippen molar-refractivity contribution in [2.45, 2.75) is 106 Å². The minimum absolute atomic E-state index is 0.0154. The second-order valence-electron chi connectivity index (χ2n) is 12.3. The van der Waals surface area contributed by atoms with Crippen LogP contribution in [0.3, 0.4) is 0 Å². The van der Waals surface area contributed by atoms with E-state index in [0.29, 0.717) is 0 Å². The maximum Gasteiger partial charge on any atom is 0.0494 e. The molecule has 3 nitrogen and oxygen atoms in total. The highest BCUT2D eigenvalue weighted by atomic mass is 16.3. The van der Waals surface area contributed by atoms with Gasteiger partial charge in [-0.2, -0.15) is 0 Å². The van der Waals surface area contributed by atoms with E-state index in [2.05, 4.69) is 64.3 Å². The number of allylic oxidation sites excluding steroid dienone is 1. The first kappa shape index (κ1) is 29.7. The monoisotopic (exact) mass is 450 g/mol. The number of aliphatic hydroxyl groups excluding tert-OH is 1. The van der Waals surface area contributed by atoms with Crippen LogP contribution >= 0.6 is 0 Å². The van der Waals surface area contributed by atoms with E-state index < -0.39 is 0 Å². The molecule has 0 bridgehead atoms. The molecule has 1 aliphatic heterocycles. The molecule has 2 atom stereocenters. The third-order valence-corrected chi connectivity index (χ3v) is 7.38. The summed E-state index contributed by atoms with van der Waals surface area (Å²) in [5, 5.41) is 9.49. The minimum Gasteiger partial charge on any atom is -0.396 e. The first-order valence-corrected chi connectivity index (χ1v) is 13.8. The van der Waals surface area contributed by atoms with Gasteiger partial charge in [-0.15, -0.1) is 0 Å². The highest BCUT2D eigenvalue weighted by Gasteiger charge is 2.23. The zero-order valence-electron chi connectivity index (χ0n) is 23.0. The van der Waals surface area contributed by atoms with Gasteiger partial charge in [0.15, 0.2) is 0 Å². The molecule has 0 spiro atoms. The van der Waals surface area contributed by atoms with Crippen molar-refractivity contribution in [3.8, 4) is 0 Å². The molecular formula is C29H58N2O. The van der Waals surface area contributed by atoms with Crippen LogP contribution in [-0.4, -0.2) is 60.8 Å². The Kier molecular flexibility index (Phi) is 15.1. The molecule has 0 amide bonds. The maximum absolute atomic E-state index is 9.49. The Morgan fingerprint density at radius 1 is 0.812 bits per heavy atom. The highest BCUT2D eigenvalue weighted by molar-refractivity contribution is 5.00. The third-order valence-electron chi connectivity index (χ3n) is 7.38. The Bertz CT molecular complexity index is 491. The van der Waals surface area contributed by atoms with Gasteiger partial charge in [-0.05, 0) is 37.5 Å². The Balaban J connectivity index is 2.09. The first-order chi connectivity index (χ1) is 15.1. The van der Waals surface area contributed by atoms with Gasteiger partial charge < -0.3 is 10.0 Å². The van der Waals surface area contributed by atoms with E-state index >= 15 is 0 Å². The first-order valence-electron chi connectivity index (χ1n) is 13.8. The molecule has 1 heterocycles. The summed E-state index contributed by atoms with van der Waals surface area (Å²) < 4.78 is 0. The normalized spacial score (nSPS) is 19.0. The standard InChI is InChI=1S/C29H58N2O/c1-25(2)11-8-12-26(3)13-9-14-27(4)15-10-16-28(5)17-18-30-19-21-31(22-20-30)23-29(6,7)24-32/h17,25-27,32H,8-16,18-24H2,1-7H3/b28-17+/t26-,27-/m1/s1. The SMILES string of the molecule is C/C(=C\CN1CCN(CC(C)(C)CO)CC1)CCC[C@H](C)CCC[C@H](C)CCCC(C)C. The number of piperazine rings is 1. The van der Waals surface area contributed by atoms with E-state index in [0.717, 1.165) is 57.0 Å². The zero-order valence-corrected chi connectivity index (χ0v) is 23.0. The summed E-state index contributed by atoms with van der Waals surface area (Å²) in [6.07, 6.45) is 14.9. The van der Waals surface area contributed by atoms with Gasteiger partial charge in [-0.3, -0.25) is 4.90 Å². The summed E-state index contributed by atoms with van der Waals surface area (Å²) in [7, 11) is 0. The molecule has 0 radical (unpaired) electrons. The van der Waals surface area contributed by atoms with E-state index in [4.69, 9.17) is 0 Å². The average molecular weight is 451 g/mol. The molecular weight excluding hydrogens is 392 g/mol. The summed E-state index contributed by atoms with van der Waals surface area (Å²) in [6.45, 7) is 23.2. The summed E-state index contributed by atoms with van der Waals surface area (Å²) >= 11 is 0. The van der Waals surface area contributed by atoms with E-state index in [1.54, 1.807) is 5.57 Å². The van der Waals surface area contributed by atoms with Crippen LogP contribution in [0.2, 0.25) is 0 Å². The second kappa shape index (κ2) is 16.3. The Hall–Kier alpha value is -0.380. The van der Waals surface area contributed by atoms with Gasteiger partial charge in [0.05, 0.1) is 0 Å². The molecule has 0 saturated carbocycles. The lowest BCUT2D eigenvalue weighted by Crippen LogP contribution is -2.49. The summed E-state index contributed by atoms with van der Waals surface area (Å²) in [5.74, 6) is 2.65. The molecule has 1 fully saturated rings. The Morgan fingerprint density at radius 2 is 1.31 bits per heavy atom. The van der Waals surface area contributed by atoms with Gasteiger partial charge in [-0.1, -0.05) is 98.1 Å². The van der Waals surface area contributed by atoms with E-state index in [-0.39, 0.29) is 12.0 Å². The van der Waals surface area contributed by atoms with Crippen LogP contribution in [0.1, 0.15) is 106 Å². The second-order valence-corrected chi connectivity index (χ2v) is 12.3. The lowest BCUT2D eigenvalue weighted by molar-refractivity contribution is 0.0696. The van der Waals surface area contributed by atoms with Crippen molar-refractivity contribution in [3.63, 3.8) is 0 Å². The Morgan fingerprint density at radius 3 is 1.84 bits per heavy atom. The van der Waals surface area contributed by atoms with Crippen LogP contribution in [0.25, 0.3) is 0 Å². The van der Waals surface area contributed by atoms with E-state index in [9.17, 15) is 5.11 Å². The third kappa shape index (κ3) is 14.7. The topological polar surface area (TPSA) is 26.7 Å². The highest BCUT2D eigenvalue weighted by Crippen LogP contribution is 2.22. The maximum atomic E-state index is 9.49. The van der Waals surface area contributed by atoms with Crippen molar-refractivity contribution in [1.82, 2.24) is 9.80 Å². The molecule has 0 aliphatic carbocycles. The van der Waals surface area contributed by atoms with E-state index in [1.165, 1.54) is 57.8 Å². The van der Waals surface area contributed by atoms with Gasteiger partial charge in [0.2, 0.25) is 0 Å². The number of aliphatic hydroxyl groups is 1. The number of hydrogen-bond donors (Lipinski definition) is 1. The number of nitrogens with zero attached hydrogens (tertiary/aromatic N) is 2. The average Bonchev–Trinajstić information content (AvgIpc) is 2.73. The van der Waals surface area contributed by atoms with Crippen LogP contribution in [0.15, 0.2) is 11.6 Å². The van der Waals surface area contributed by atoms with Gasteiger partial charge in [0.25, 0.3) is 0 Å². The van der Waals surface area contributed by atoms with Crippen molar-refractivity contribution in [1.29, 1.82) is 0 Å². The fourth-order valence-electron chi connectivity index (χ4n) is 4.88. The van der Waals surface area contributed by atoms with Gasteiger partial charge in [0, 0.05) is 51.3 Å². The number of rotatable bonds is 17. The molecule has 0 aromatic carbocycles. The van der Waals surface area contributed by atoms with Gasteiger partial charge in [-0.25, -0.2) is 0 Å². The smallest absolute Gasteiger partial charge is 0.0494 e. The van der Waals surface area contributed by atoms with Crippen LogP contribution < -0.4 is 0 Å². The molecule has 32 heavy (non-hydrogen) atoms. The van der Waals surface area contributed by atoms with E-state index in [1.807, 2.05) is 0 Å². The van der Waals surface area contributed by atoms with Crippen LogP contribution in [0.5, 0.6) is 0 Å².